The molecule has 1 aliphatic carbocycles. The number of aliphatic hydroxyl groups excluding tert-OH is 2. The van der Waals surface area contributed by atoms with Crippen molar-refractivity contribution < 1.29 is 33.6 Å². The van der Waals surface area contributed by atoms with Crippen LogP contribution in [0.4, 0.5) is 0 Å². The van der Waals surface area contributed by atoms with E-state index in [9.17, 15) is 10.2 Å². The topological polar surface area (TPSA) is 86.6 Å². The molecule has 0 aromatic heterocycles. The molecule has 0 spiro atoms. The first kappa shape index (κ1) is 33.5. The van der Waals surface area contributed by atoms with Gasteiger partial charge in [0.15, 0.2) is 8.32 Å². The van der Waals surface area contributed by atoms with Gasteiger partial charge >= 0.3 is 0 Å². The molecule has 3 aromatic rings. The average molecular weight is 609 g/mol. The van der Waals surface area contributed by atoms with Gasteiger partial charge in [-0.3, -0.25) is 0 Å². The van der Waals surface area contributed by atoms with Gasteiger partial charge in [0.1, 0.15) is 36.6 Å². The second-order valence-electron chi connectivity index (χ2n) is 12.1. The minimum absolute atomic E-state index is 0.261. The van der Waals surface area contributed by atoms with E-state index in [0.29, 0.717) is 19.8 Å². The highest BCUT2D eigenvalue weighted by atomic mass is 28.4. The number of unbranched alkanes of at least 4 members (excludes halogenated alkanes) is 2. The van der Waals surface area contributed by atoms with Crippen molar-refractivity contribution >= 4 is 8.32 Å². The fourth-order valence-electron chi connectivity index (χ4n) is 5.20. The van der Waals surface area contributed by atoms with Crippen molar-refractivity contribution in [3.05, 3.63) is 108 Å². The number of benzene rings is 3. The van der Waals surface area contributed by atoms with Crippen LogP contribution in [0, 0.1) is 0 Å². The van der Waals surface area contributed by atoms with Gasteiger partial charge in [0, 0.05) is 13.2 Å². The maximum Gasteiger partial charge on any atom is 0.183 e. The van der Waals surface area contributed by atoms with Crippen molar-refractivity contribution in [2.75, 3.05) is 13.2 Å². The van der Waals surface area contributed by atoms with Crippen LogP contribution in [0.1, 0.15) is 36.0 Å². The molecule has 4 rings (SSSR count). The van der Waals surface area contributed by atoms with Crippen molar-refractivity contribution in [2.45, 2.75) is 95.3 Å². The largest absolute Gasteiger partial charge is 0.418 e. The number of rotatable bonds is 17. The molecule has 8 heteroatoms. The van der Waals surface area contributed by atoms with Crippen LogP contribution < -0.4 is 0 Å². The standard InChI is InChI=1S/C35H48O7Si/c1-43(2,3)42-23-15-7-14-22-38-32-30(36)31(37)33(39-24-27-16-8-4-9-17-27)35(41-26-29-20-12-6-13-21-29)34(32)40-25-28-18-10-5-11-19-28/h4-6,8-13,16-21,30-37H,7,14-15,22-26H2,1-3H3. The van der Waals surface area contributed by atoms with E-state index in [1.54, 1.807) is 0 Å². The summed E-state index contributed by atoms with van der Waals surface area (Å²) in [6.07, 6.45) is -2.74. The summed E-state index contributed by atoms with van der Waals surface area (Å²) in [7, 11) is -1.53. The normalized spacial score (nSPS) is 24.2. The zero-order chi connectivity index (χ0) is 30.5. The predicted molar refractivity (Wildman–Crippen MR) is 170 cm³/mol. The smallest absolute Gasteiger partial charge is 0.183 e. The molecule has 2 N–H and O–H groups in total. The Balaban J connectivity index is 1.50. The van der Waals surface area contributed by atoms with Gasteiger partial charge in [-0.15, -0.1) is 0 Å². The van der Waals surface area contributed by atoms with E-state index in [2.05, 4.69) is 19.6 Å². The maximum absolute atomic E-state index is 11.4. The summed E-state index contributed by atoms with van der Waals surface area (Å²) in [6, 6.07) is 29.5. The molecule has 0 aliphatic heterocycles. The van der Waals surface area contributed by atoms with Crippen LogP contribution in [0.2, 0.25) is 19.6 Å². The number of ether oxygens (including phenoxy) is 4. The van der Waals surface area contributed by atoms with E-state index < -0.39 is 44.9 Å². The van der Waals surface area contributed by atoms with Crippen molar-refractivity contribution in [2.24, 2.45) is 0 Å². The summed E-state index contributed by atoms with van der Waals surface area (Å²) in [6.45, 7) is 8.61. The van der Waals surface area contributed by atoms with Crippen LogP contribution in [0.5, 0.6) is 0 Å². The lowest BCUT2D eigenvalue weighted by atomic mass is 9.84. The van der Waals surface area contributed by atoms with Crippen molar-refractivity contribution in [1.29, 1.82) is 0 Å². The first-order valence-electron chi connectivity index (χ1n) is 15.4. The second-order valence-corrected chi connectivity index (χ2v) is 16.6. The first-order chi connectivity index (χ1) is 20.8. The third kappa shape index (κ3) is 10.9. The zero-order valence-corrected chi connectivity index (χ0v) is 26.7. The van der Waals surface area contributed by atoms with Gasteiger partial charge in [-0.05, 0) is 55.6 Å². The highest BCUT2D eigenvalue weighted by Gasteiger charge is 2.52. The Labute approximate surface area is 257 Å². The van der Waals surface area contributed by atoms with Gasteiger partial charge in [-0.2, -0.15) is 0 Å². The molecule has 1 saturated carbocycles. The van der Waals surface area contributed by atoms with Crippen LogP contribution in [-0.2, 0) is 43.2 Å². The first-order valence-corrected chi connectivity index (χ1v) is 18.8. The monoisotopic (exact) mass is 608 g/mol. The van der Waals surface area contributed by atoms with E-state index >= 15 is 0 Å². The second kappa shape index (κ2) is 17.2. The van der Waals surface area contributed by atoms with Crippen molar-refractivity contribution in [3.63, 3.8) is 0 Å². The Morgan fingerprint density at radius 3 is 1.28 bits per heavy atom. The average Bonchev–Trinajstić information content (AvgIpc) is 3.01. The summed E-state index contributed by atoms with van der Waals surface area (Å²) in [4.78, 5) is 0. The van der Waals surface area contributed by atoms with Crippen molar-refractivity contribution in [3.8, 4) is 0 Å². The predicted octanol–water partition coefficient (Wildman–Crippen LogP) is 5.89. The molecule has 7 nitrogen and oxygen atoms in total. The summed E-state index contributed by atoms with van der Waals surface area (Å²) in [5.41, 5.74) is 2.95. The fraction of sp³-hybridized carbons (Fsp3) is 0.486. The van der Waals surface area contributed by atoms with Crippen molar-refractivity contribution in [1.82, 2.24) is 0 Å². The van der Waals surface area contributed by atoms with Crippen LogP contribution >= 0.6 is 0 Å². The highest BCUT2D eigenvalue weighted by molar-refractivity contribution is 6.69. The van der Waals surface area contributed by atoms with Gasteiger partial charge in [0.2, 0.25) is 0 Å². The van der Waals surface area contributed by atoms with E-state index in [-0.39, 0.29) is 6.61 Å². The molecular weight excluding hydrogens is 560 g/mol. The van der Waals surface area contributed by atoms with Crippen LogP contribution in [0.25, 0.3) is 0 Å². The fourth-order valence-corrected chi connectivity index (χ4v) is 5.95. The molecule has 0 amide bonds. The third-order valence-electron chi connectivity index (χ3n) is 7.48. The van der Waals surface area contributed by atoms with E-state index in [1.807, 2.05) is 91.0 Å². The lowest BCUT2D eigenvalue weighted by Crippen LogP contribution is -2.66. The Morgan fingerprint density at radius 1 is 0.488 bits per heavy atom. The highest BCUT2D eigenvalue weighted by Crippen LogP contribution is 2.32. The number of hydrogen-bond donors (Lipinski definition) is 2. The molecule has 6 atom stereocenters. The van der Waals surface area contributed by atoms with Crippen LogP contribution in [0.3, 0.4) is 0 Å². The SMILES string of the molecule is C[Si](C)(C)OCCCCCOC1C(O)C(O)C(OCc2ccccc2)C(OCc2ccccc2)C1OCc1ccccc1. The van der Waals surface area contributed by atoms with E-state index in [1.165, 1.54) is 0 Å². The molecule has 3 aromatic carbocycles. The van der Waals surface area contributed by atoms with Gasteiger partial charge in [0.05, 0.1) is 19.8 Å². The maximum atomic E-state index is 11.4. The Morgan fingerprint density at radius 2 is 0.860 bits per heavy atom. The number of aliphatic hydroxyl groups is 2. The van der Waals surface area contributed by atoms with Gasteiger partial charge < -0.3 is 33.6 Å². The molecule has 6 unspecified atom stereocenters. The molecule has 234 valence electrons. The zero-order valence-electron chi connectivity index (χ0n) is 25.7. The van der Waals surface area contributed by atoms with Gasteiger partial charge in [-0.25, -0.2) is 0 Å². The third-order valence-corrected chi connectivity index (χ3v) is 8.55. The molecule has 1 aliphatic rings. The summed E-state index contributed by atoms with van der Waals surface area (Å²) in [5.74, 6) is 0. The molecule has 43 heavy (non-hydrogen) atoms. The quantitative estimate of drug-likeness (QED) is 0.146. The van der Waals surface area contributed by atoms with Gasteiger partial charge in [0.25, 0.3) is 0 Å². The Kier molecular flexibility index (Phi) is 13.4. The Hall–Kier alpha value is -2.40. The molecule has 0 saturated heterocycles. The van der Waals surface area contributed by atoms with E-state index in [4.69, 9.17) is 23.4 Å². The minimum atomic E-state index is -1.53. The summed E-state index contributed by atoms with van der Waals surface area (Å²) in [5, 5.41) is 22.8. The minimum Gasteiger partial charge on any atom is -0.418 e. The number of hydrogen-bond acceptors (Lipinski definition) is 7. The summed E-state index contributed by atoms with van der Waals surface area (Å²) < 4.78 is 31.6. The molecular formula is C35H48O7Si. The van der Waals surface area contributed by atoms with Crippen LogP contribution in [-0.4, -0.2) is 68.4 Å². The molecule has 1 fully saturated rings. The Bertz CT molecular complexity index is 1160. The lowest BCUT2D eigenvalue weighted by molar-refractivity contribution is -0.272. The van der Waals surface area contributed by atoms with Gasteiger partial charge in [-0.1, -0.05) is 91.0 Å². The molecule has 0 heterocycles. The molecule has 0 bridgehead atoms. The van der Waals surface area contributed by atoms with E-state index in [0.717, 1.165) is 42.6 Å². The lowest BCUT2D eigenvalue weighted by Gasteiger charge is -2.47. The van der Waals surface area contributed by atoms with Crippen LogP contribution in [0.15, 0.2) is 91.0 Å². The summed E-state index contributed by atoms with van der Waals surface area (Å²) >= 11 is 0. The molecule has 0 radical (unpaired) electrons.